The Hall–Kier alpha value is -1.33. The quantitative estimate of drug-likeness (QED) is 0.750. The molecule has 82 valence electrons. The number of carboxylic acid groups (broad SMARTS) is 1. The molecule has 2 rings (SSSR count). The number of carboxylic acids is 1. The molecule has 0 fully saturated rings. The van der Waals surface area contributed by atoms with Gasteiger partial charge in [-0.2, -0.15) is 0 Å². The molecule has 1 aromatic carbocycles. The Morgan fingerprint density at radius 1 is 1.38 bits per heavy atom. The first-order valence-electron chi connectivity index (χ1n) is 4.13. The number of hydrogen-bond donors (Lipinski definition) is 0. The van der Waals surface area contributed by atoms with Gasteiger partial charge in [-0.3, -0.25) is 0 Å². The van der Waals surface area contributed by atoms with E-state index < -0.39 is 17.2 Å². The summed E-state index contributed by atoms with van der Waals surface area (Å²) in [4.78, 5) is 21.9. The summed E-state index contributed by atoms with van der Waals surface area (Å²) in [6.45, 7) is 0. The Labute approximate surface area is 103 Å². The van der Waals surface area contributed by atoms with Gasteiger partial charge in [0, 0.05) is 10.4 Å². The van der Waals surface area contributed by atoms with E-state index in [9.17, 15) is 14.7 Å². The molecule has 0 amide bonds. The van der Waals surface area contributed by atoms with Crippen molar-refractivity contribution >= 4 is 44.5 Å². The number of carbonyl (C=O) groups is 1. The van der Waals surface area contributed by atoms with Crippen LogP contribution in [0.15, 0.2) is 31.9 Å². The molecule has 0 aliphatic heterocycles. The first kappa shape index (κ1) is 11.2. The van der Waals surface area contributed by atoms with Gasteiger partial charge in [0.05, 0.1) is 16.0 Å². The summed E-state index contributed by atoms with van der Waals surface area (Å²) in [6.07, 6.45) is 0. The van der Waals surface area contributed by atoms with Crippen LogP contribution in [0.3, 0.4) is 0 Å². The summed E-state index contributed by atoms with van der Waals surface area (Å²) >= 11 is 8.95. The third kappa shape index (κ3) is 1.83. The largest absolute Gasteiger partial charge is 0.545 e. The molecule has 0 atom stereocenters. The van der Waals surface area contributed by atoms with Crippen molar-refractivity contribution in [2.45, 2.75) is 0 Å². The predicted molar refractivity (Wildman–Crippen MR) is 59.5 cm³/mol. The molecule has 0 saturated heterocycles. The maximum absolute atomic E-state index is 11.3. The summed E-state index contributed by atoms with van der Waals surface area (Å²) in [5.74, 6) is -1.58. The van der Waals surface area contributed by atoms with Crippen LogP contribution in [0, 0.1) is 0 Å². The summed E-state index contributed by atoms with van der Waals surface area (Å²) in [5, 5.41) is 11.4. The average Bonchev–Trinajstić information content (AvgIpc) is 2.18. The average molecular weight is 302 g/mol. The third-order valence-corrected chi connectivity index (χ3v) is 2.78. The first-order valence-corrected chi connectivity index (χ1v) is 5.30. The second-order valence-corrected chi connectivity index (χ2v) is 4.33. The molecule has 2 aromatic rings. The second-order valence-electron chi connectivity index (χ2n) is 3.04. The highest BCUT2D eigenvalue weighted by atomic mass is 79.9. The zero-order valence-electron chi connectivity index (χ0n) is 7.62. The Morgan fingerprint density at radius 3 is 2.69 bits per heavy atom. The Kier molecular flexibility index (Phi) is 2.73. The lowest BCUT2D eigenvalue weighted by atomic mass is 10.2. The van der Waals surface area contributed by atoms with E-state index in [0.29, 0.717) is 14.9 Å². The zero-order valence-corrected chi connectivity index (χ0v) is 9.96. The maximum atomic E-state index is 11.3. The van der Waals surface area contributed by atoms with E-state index in [0.717, 1.165) is 0 Å². The van der Waals surface area contributed by atoms with Crippen LogP contribution in [-0.4, -0.2) is 5.97 Å². The molecule has 16 heavy (non-hydrogen) atoms. The standard InChI is InChI=1S/C10H4BrClO4/c11-7-3-5(12)1-4-2-6(9(13)14)10(15)16-8(4)7/h1-3H,(H,13,14)/p-1. The highest BCUT2D eigenvalue weighted by Crippen LogP contribution is 2.27. The number of halogens is 2. The van der Waals surface area contributed by atoms with Crippen LogP contribution >= 0.6 is 27.5 Å². The van der Waals surface area contributed by atoms with Gasteiger partial charge in [0.2, 0.25) is 0 Å². The van der Waals surface area contributed by atoms with Crippen molar-refractivity contribution in [1.29, 1.82) is 0 Å². The minimum absolute atomic E-state index is 0.249. The van der Waals surface area contributed by atoms with Gasteiger partial charge in [-0.05, 0) is 34.1 Å². The van der Waals surface area contributed by atoms with E-state index in [4.69, 9.17) is 16.0 Å². The second kappa shape index (κ2) is 3.92. The fraction of sp³-hybridized carbons (Fsp3) is 0. The van der Waals surface area contributed by atoms with Crippen LogP contribution < -0.4 is 10.7 Å². The Balaban J connectivity index is 2.90. The monoisotopic (exact) mass is 301 g/mol. The molecule has 1 aromatic heterocycles. The van der Waals surface area contributed by atoms with Crippen molar-refractivity contribution < 1.29 is 14.3 Å². The van der Waals surface area contributed by atoms with Crippen LogP contribution in [0.25, 0.3) is 11.0 Å². The highest BCUT2D eigenvalue weighted by molar-refractivity contribution is 9.10. The molecule has 0 unspecified atom stereocenters. The summed E-state index contributed by atoms with van der Waals surface area (Å²) in [7, 11) is 0. The van der Waals surface area contributed by atoms with Crippen LogP contribution in [0.2, 0.25) is 5.02 Å². The molecule has 0 aliphatic carbocycles. The summed E-state index contributed by atoms with van der Waals surface area (Å²) in [6, 6.07) is 4.22. The molecule has 0 N–H and O–H groups in total. The molecule has 6 heteroatoms. The van der Waals surface area contributed by atoms with Crippen molar-refractivity contribution in [3.8, 4) is 0 Å². The lowest BCUT2D eigenvalue weighted by Gasteiger charge is -2.04. The fourth-order valence-corrected chi connectivity index (χ4v) is 2.21. The van der Waals surface area contributed by atoms with Crippen LogP contribution in [-0.2, 0) is 0 Å². The first-order chi connectivity index (χ1) is 7.49. The van der Waals surface area contributed by atoms with Gasteiger partial charge in [-0.1, -0.05) is 11.6 Å². The minimum Gasteiger partial charge on any atom is -0.545 e. The molecule has 0 radical (unpaired) electrons. The van der Waals surface area contributed by atoms with E-state index in [1.54, 1.807) is 6.07 Å². The van der Waals surface area contributed by atoms with E-state index >= 15 is 0 Å². The molecule has 0 bridgehead atoms. The Morgan fingerprint density at radius 2 is 2.06 bits per heavy atom. The van der Waals surface area contributed by atoms with Gasteiger partial charge >= 0.3 is 5.63 Å². The van der Waals surface area contributed by atoms with Gasteiger partial charge in [0.1, 0.15) is 0 Å². The number of benzene rings is 1. The number of fused-ring (bicyclic) bond motifs is 1. The molecule has 0 spiro atoms. The van der Waals surface area contributed by atoms with E-state index in [1.807, 2.05) is 0 Å². The SMILES string of the molecule is O=C([O-])c1cc2cc(Cl)cc(Br)c2oc1=O. The highest BCUT2D eigenvalue weighted by Gasteiger charge is 2.09. The molecular weight excluding hydrogens is 299 g/mol. The van der Waals surface area contributed by atoms with E-state index in [1.165, 1.54) is 12.1 Å². The molecule has 0 saturated carbocycles. The molecule has 4 nitrogen and oxygen atoms in total. The summed E-state index contributed by atoms with van der Waals surface area (Å²) < 4.78 is 5.34. The third-order valence-electron chi connectivity index (χ3n) is 1.97. The maximum Gasteiger partial charge on any atom is 0.345 e. The van der Waals surface area contributed by atoms with Crippen LogP contribution in [0.5, 0.6) is 0 Å². The number of aromatic carboxylic acids is 1. The lowest BCUT2D eigenvalue weighted by molar-refractivity contribution is -0.255. The van der Waals surface area contributed by atoms with Crippen molar-refractivity contribution in [2.24, 2.45) is 0 Å². The molecule has 0 aliphatic rings. The molecular formula is C10H3BrClO4-. The number of rotatable bonds is 1. The normalized spacial score (nSPS) is 10.6. The molecule has 1 heterocycles. The van der Waals surface area contributed by atoms with Crippen molar-refractivity contribution in [1.82, 2.24) is 0 Å². The van der Waals surface area contributed by atoms with Crippen molar-refractivity contribution in [2.75, 3.05) is 0 Å². The predicted octanol–water partition coefficient (Wildman–Crippen LogP) is 1.57. The zero-order chi connectivity index (χ0) is 11.9. The van der Waals surface area contributed by atoms with E-state index in [-0.39, 0.29) is 5.58 Å². The minimum atomic E-state index is -1.58. The smallest absolute Gasteiger partial charge is 0.345 e. The van der Waals surface area contributed by atoms with E-state index in [2.05, 4.69) is 15.9 Å². The lowest BCUT2D eigenvalue weighted by Crippen LogP contribution is -2.28. The van der Waals surface area contributed by atoms with Crippen molar-refractivity contribution in [3.05, 3.63) is 43.7 Å². The van der Waals surface area contributed by atoms with Gasteiger partial charge in [-0.15, -0.1) is 0 Å². The number of hydrogen-bond acceptors (Lipinski definition) is 4. The Bertz CT molecular complexity index is 647. The van der Waals surface area contributed by atoms with Crippen LogP contribution in [0.1, 0.15) is 10.4 Å². The topological polar surface area (TPSA) is 70.3 Å². The van der Waals surface area contributed by atoms with Crippen molar-refractivity contribution in [3.63, 3.8) is 0 Å². The fourth-order valence-electron chi connectivity index (χ4n) is 1.30. The van der Waals surface area contributed by atoms with Crippen LogP contribution in [0.4, 0.5) is 0 Å². The number of carbonyl (C=O) groups excluding carboxylic acids is 1. The van der Waals surface area contributed by atoms with Gasteiger partial charge in [0.15, 0.2) is 5.58 Å². The summed E-state index contributed by atoms with van der Waals surface area (Å²) in [5.41, 5.74) is -1.23. The van der Waals surface area contributed by atoms with Gasteiger partial charge in [0.25, 0.3) is 0 Å². The van der Waals surface area contributed by atoms with Gasteiger partial charge in [-0.25, -0.2) is 4.79 Å². The van der Waals surface area contributed by atoms with Gasteiger partial charge < -0.3 is 14.3 Å².